The van der Waals surface area contributed by atoms with E-state index in [2.05, 4.69) is 38.0 Å². The summed E-state index contributed by atoms with van der Waals surface area (Å²) in [5, 5.41) is 3.60. The first-order valence-corrected chi connectivity index (χ1v) is 5.17. The van der Waals surface area contributed by atoms with Crippen molar-refractivity contribution in [2.45, 2.75) is 44.8 Å². The van der Waals surface area contributed by atoms with Gasteiger partial charge in [-0.2, -0.15) is 0 Å². The Hall–Kier alpha value is -0.120. The van der Waals surface area contributed by atoms with E-state index in [4.69, 9.17) is 5.73 Å². The van der Waals surface area contributed by atoms with Gasteiger partial charge in [-0.1, -0.05) is 13.8 Å². The van der Waals surface area contributed by atoms with E-state index in [0.717, 1.165) is 19.5 Å². The Morgan fingerprint density at radius 1 is 1.62 bits per heavy atom. The van der Waals surface area contributed by atoms with Crippen molar-refractivity contribution < 1.29 is 0 Å². The number of nitrogens with zero attached hydrogens (tertiary/aromatic N) is 1. The number of likely N-dealkylation sites (tertiary alicyclic amines) is 1. The van der Waals surface area contributed by atoms with E-state index < -0.39 is 0 Å². The van der Waals surface area contributed by atoms with Gasteiger partial charge in [-0.3, -0.25) is 0 Å². The maximum absolute atomic E-state index is 5.85. The van der Waals surface area contributed by atoms with Gasteiger partial charge < -0.3 is 16.0 Å². The van der Waals surface area contributed by atoms with Crippen LogP contribution in [0.15, 0.2) is 0 Å². The molecule has 0 radical (unpaired) electrons. The fourth-order valence-corrected chi connectivity index (χ4v) is 2.34. The Balaban J connectivity index is 2.62. The molecule has 1 heterocycles. The molecule has 1 saturated heterocycles. The third-order valence-electron chi connectivity index (χ3n) is 2.98. The summed E-state index contributed by atoms with van der Waals surface area (Å²) in [4.78, 5) is 2.38. The van der Waals surface area contributed by atoms with Crippen LogP contribution in [-0.2, 0) is 0 Å². The minimum absolute atomic E-state index is 0.155. The van der Waals surface area contributed by atoms with Crippen molar-refractivity contribution in [1.82, 2.24) is 10.2 Å². The van der Waals surface area contributed by atoms with Crippen LogP contribution in [0.2, 0.25) is 0 Å². The van der Waals surface area contributed by atoms with E-state index in [1.807, 2.05) is 0 Å². The number of likely N-dealkylation sites (N-methyl/N-ethyl adjacent to an activating group) is 1. The van der Waals surface area contributed by atoms with Gasteiger partial charge in [0, 0.05) is 30.7 Å². The van der Waals surface area contributed by atoms with E-state index in [0.29, 0.717) is 12.1 Å². The molecule has 0 aromatic carbocycles. The topological polar surface area (TPSA) is 41.3 Å². The molecule has 1 rings (SSSR count). The largest absolute Gasteiger partial charge is 0.329 e. The minimum atomic E-state index is 0.155. The highest BCUT2D eigenvalue weighted by Crippen LogP contribution is 2.25. The zero-order chi connectivity index (χ0) is 10.1. The molecule has 0 amide bonds. The van der Waals surface area contributed by atoms with E-state index in [9.17, 15) is 0 Å². The lowest BCUT2D eigenvalue weighted by molar-refractivity contribution is 0.288. The molecule has 0 aromatic rings. The van der Waals surface area contributed by atoms with Crippen molar-refractivity contribution in [1.29, 1.82) is 0 Å². The summed E-state index contributed by atoms with van der Waals surface area (Å²) >= 11 is 0. The average molecular weight is 185 g/mol. The number of nitrogens with one attached hydrogen (secondary N) is 1. The molecule has 0 aliphatic carbocycles. The zero-order valence-electron chi connectivity index (χ0n) is 9.30. The van der Waals surface area contributed by atoms with Gasteiger partial charge in [-0.15, -0.1) is 0 Å². The van der Waals surface area contributed by atoms with Crippen LogP contribution in [0.5, 0.6) is 0 Å². The van der Waals surface area contributed by atoms with Crippen molar-refractivity contribution in [3.05, 3.63) is 0 Å². The average Bonchev–Trinajstić information content (AvgIpc) is 2.27. The first-order chi connectivity index (χ1) is 5.99. The van der Waals surface area contributed by atoms with Crippen LogP contribution < -0.4 is 11.1 Å². The Morgan fingerprint density at radius 3 is 2.54 bits per heavy atom. The Bertz CT molecular complexity index is 152. The lowest BCUT2D eigenvalue weighted by Crippen LogP contribution is -2.55. The number of hydrogen-bond donors (Lipinski definition) is 2. The minimum Gasteiger partial charge on any atom is -0.329 e. The van der Waals surface area contributed by atoms with Gasteiger partial charge in [0.25, 0.3) is 0 Å². The second-order valence-corrected chi connectivity index (χ2v) is 4.75. The molecule has 3 nitrogen and oxygen atoms in total. The summed E-state index contributed by atoms with van der Waals surface area (Å²) in [7, 11) is 2.17. The van der Waals surface area contributed by atoms with E-state index in [1.165, 1.54) is 0 Å². The molecule has 1 aliphatic heterocycles. The first kappa shape index (κ1) is 11.0. The molecule has 13 heavy (non-hydrogen) atoms. The number of hydrogen-bond acceptors (Lipinski definition) is 3. The second kappa shape index (κ2) is 3.95. The molecular formula is C10H23N3. The predicted octanol–water partition coefficient (Wildman–Crippen LogP) is 0.406. The molecule has 78 valence electrons. The van der Waals surface area contributed by atoms with Crippen molar-refractivity contribution in [3.8, 4) is 0 Å². The standard InChI is InChI=1S/C10H23N3/c1-8(2)12-10(6-11)5-9(3)13(4)7-10/h8-9,12H,5-7,11H2,1-4H3. The van der Waals surface area contributed by atoms with Gasteiger partial charge >= 0.3 is 0 Å². The molecule has 1 fully saturated rings. The molecule has 2 atom stereocenters. The monoisotopic (exact) mass is 185 g/mol. The van der Waals surface area contributed by atoms with E-state index in [1.54, 1.807) is 0 Å². The van der Waals surface area contributed by atoms with Crippen LogP contribution in [0.4, 0.5) is 0 Å². The summed E-state index contributed by atoms with van der Waals surface area (Å²) in [5.41, 5.74) is 6.01. The smallest absolute Gasteiger partial charge is 0.0449 e. The van der Waals surface area contributed by atoms with Crippen LogP contribution >= 0.6 is 0 Å². The quantitative estimate of drug-likeness (QED) is 0.669. The van der Waals surface area contributed by atoms with Gasteiger partial charge in [-0.25, -0.2) is 0 Å². The van der Waals surface area contributed by atoms with E-state index >= 15 is 0 Å². The van der Waals surface area contributed by atoms with Crippen LogP contribution in [-0.4, -0.2) is 42.7 Å². The second-order valence-electron chi connectivity index (χ2n) is 4.75. The SMILES string of the molecule is CC(C)NC1(CN)CC(C)N(C)C1. The molecule has 1 aliphatic rings. The number of nitrogens with two attached hydrogens (primary N) is 1. The van der Waals surface area contributed by atoms with Gasteiger partial charge in [0.1, 0.15) is 0 Å². The molecule has 3 N–H and O–H groups in total. The lowest BCUT2D eigenvalue weighted by atomic mass is 9.95. The van der Waals surface area contributed by atoms with Crippen LogP contribution in [0.3, 0.4) is 0 Å². The van der Waals surface area contributed by atoms with Crippen molar-refractivity contribution >= 4 is 0 Å². The Kier molecular flexibility index (Phi) is 3.33. The van der Waals surface area contributed by atoms with Crippen molar-refractivity contribution in [2.75, 3.05) is 20.1 Å². The van der Waals surface area contributed by atoms with Gasteiger partial charge in [-0.05, 0) is 20.4 Å². The molecule has 0 saturated carbocycles. The predicted molar refractivity (Wildman–Crippen MR) is 56.8 cm³/mol. The summed E-state index contributed by atoms with van der Waals surface area (Å²) < 4.78 is 0. The van der Waals surface area contributed by atoms with Crippen LogP contribution in [0.25, 0.3) is 0 Å². The highest BCUT2D eigenvalue weighted by molar-refractivity contribution is 5.01. The fraction of sp³-hybridized carbons (Fsp3) is 1.00. The van der Waals surface area contributed by atoms with Crippen molar-refractivity contribution in [3.63, 3.8) is 0 Å². The van der Waals surface area contributed by atoms with E-state index in [-0.39, 0.29) is 5.54 Å². The molecule has 0 bridgehead atoms. The van der Waals surface area contributed by atoms with Crippen LogP contribution in [0, 0.1) is 0 Å². The number of rotatable bonds is 3. The summed E-state index contributed by atoms with van der Waals surface area (Å²) in [6.45, 7) is 8.43. The highest BCUT2D eigenvalue weighted by atomic mass is 15.2. The normalized spacial score (nSPS) is 36.0. The molecule has 0 spiro atoms. The zero-order valence-corrected chi connectivity index (χ0v) is 9.30. The molecular weight excluding hydrogens is 162 g/mol. The first-order valence-electron chi connectivity index (χ1n) is 5.17. The fourth-order valence-electron chi connectivity index (χ4n) is 2.34. The maximum Gasteiger partial charge on any atom is 0.0449 e. The molecule has 0 aromatic heterocycles. The summed E-state index contributed by atoms with van der Waals surface area (Å²) in [6.07, 6.45) is 1.16. The maximum atomic E-state index is 5.85. The lowest BCUT2D eigenvalue weighted by Gasteiger charge is -2.31. The Morgan fingerprint density at radius 2 is 2.23 bits per heavy atom. The highest BCUT2D eigenvalue weighted by Gasteiger charge is 2.39. The molecule has 3 heteroatoms. The summed E-state index contributed by atoms with van der Waals surface area (Å²) in [6, 6.07) is 1.16. The van der Waals surface area contributed by atoms with Gasteiger partial charge in [0.15, 0.2) is 0 Å². The third-order valence-corrected chi connectivity index (χ3v) is 2.98. The van der Waals surface area contributed by atoms with Gasteiger partial charge in [0.05, 0.1) is 0 Å². The third kappa shape index (κ3) is 2.42. The Labute approximate surface area is 81.7 Å². The summed E-state index contributed by atoms with van der Waals surface area (Å²) in [5.74, 6) is 0. The van der Waals surface area contributed by atoms with Crippen LogP contribution in [0.1, 0.15) is 27.2 Å². The molecule has 2 unspecified atom stereocenters. The van der Waals surface area contributed by atoms with Gasteiger partial charge in [0.2, 0.25) is 0 Å². The van der Waals surface area contributed by atoms with Crippen molar-refractivity contribution in [2.24, 2.45) is 5.73 Å².